The van der Waals surface area contributed by atoms with Crippen molar-refractivity contribution in [2.75, 3.05) is 44.7 Å². The summed E-state index contributed by atoms with van der Waals surface area (Å²) in [5.41, 5.74) is 7.51. The van der Waals surface area contributed by atoms with Gasteiger partial charge in [0.2, 0.25) is 5.91 Å². The van der Waals surface area contributed by atoms with Gasteiger partial charge in [0.15, 0.2) is 0 Å². The van der Waals surface area contributed by atoms with Crippen LogP contribution in [0.4, 0.5) is 19.3 Å². The number of carbonyl (C=O) groups excluding carboxylic acids is 3. The van der Waals surface area contributed by atoms with E-state index in [1.165, 1.54) is 18.2 Å². The maximum absolute atomic E-state index is 15.7. The van der Waals surface area contributed by atoms with E-state index in [4.69, 9.17) is 15.2 Å². The van der Waals surface area contributed by atoms with Crippen LogP contribution in [0.3, 0.4) is 0 Å². The van der Waals surface area contributed by atoms with Crippen molar-refractivity contribution in [2.24, 2.45) is 11.1 Å². The molecule has 1 aliphatic carbocycles. The fourth-order valence-corrected chi connectivity index (χ4v) is 7.09. The van der Waals surface area contributed by atoms with Crippen molar-refractivity contribution < 1.29 is 32.6 Å². The van der Waals surface area contributed by atoms with Gasteiger partial charge in [-0.2, -0.15) is 0 Å². The largest absolute Gasteiger partial charge is 0.446 e. The minimum absolute atomic E-state index is 0.119. The number of morpholine rings is 1. The number of carbonyl (C=O) groups is 3. The molecule has 0 atom stereocenters. The second-order valence-corrected chi connectivity index (χ2v) is 13.4. The van der Waals surface area contributed by atoms with E-state index in [0.29, 0.717) is 86.0 Å². The summed E-state index contributed by atoms with van der Waals surface area (Å²) in [7, 11) is 0. The third-order valence-corrected chi connectivity index (χ3v) is 9.29. The topological polar surface area (TPSA) is 128 Å². The lowest BCUT2D eigenvalue weighted by Gasteiger charge is -2.31. The quantitative estimate of drug-likeness (QED) is 0.314. The van der Waals surface area contributed by atoms with Crippen LogP contribution in [0.25, 0.3) is 22.0 Å². The highest BCUT2D eigenvalue weighted by molar-refractivity contribution is 6.06. The van der Waals surface area contributed by atoms with Crippen molar-refractivity contribution >= 4 is 34.5 Å². The van der Waals surface area contributed by atoms with E-state index in [2.05, 4.69) is 15.5 Å². The summed E-state index contributed by atoms with van der Waals surface area (Å²) in [5.74, 6) is -2.31. The van der Waals surface area contributed by atoms with Gasteiger partial charge in [0, 0.05) is 55.3 Å². The van der Waals surface area contributed by atoms with E-state index < -0.39 is 23.6 Å². The van der Waals surface area contributed by atoms with Crippen molar-refractivity contribution in [1.82, 2.24) is 14.8 Å². The Morgan fingerprint density at radius 1 is 1.07 bits per heavy atom. The number of halogens is 2. The van der Waals surface area contributed by atoms with Gasteiger partial charge in [0.1, 0.15) is 17.7 Å². The molecular weight excluding hydrogens is 596 g/mol. The summed E-state index contributed by atoms with van der Waals surface area (Å²) in [6, 6.07) is 7.10. The molecule has 0 radical (unpaired) electrons. The average Bonchev–Trinajstić information content (AvgIpc) is 3.30. The maximum Gasteiger partial charge on any atom is 0.407 e. The average molecular weight is 638 g/mol. The van der Waals surface area contributed by atoms with E-state index >= 15 is 4.39 Å². The highest BCUT2D eigenvalue weighted by atomic mass is 19.1. The molecule has 3 aromatic rings. The number of hydrogen-bond acceptors (Lipinski definition) is 7. The molecule has 2 amide bonds. The van der Waals surface area contributed by atoms with Crippen molar-refractivity contribution in [3.05, 3.63) is 53.2 Å². The Kier molecular flexibility index (Phi) is 9.02. The van der Waals surface area contributed by atoms with Crippen LogP contribution in [-0.2, 0) is 15.9 Å². The van der Waals surface area contributed by atoms with Crippen LogP contribution in [0, 0.1) is 17.0 Å². The number of ether oxygens (including phenoxy) is 2. The highest BCUT2D eigenvalue weighted by Gasteiger charge is 2.36. The molecule has 0 spiro atoms. The van der Waals surface area contributed by atoms with Gasteiger partial charge < -0.3 is 25.8 Å². The van der Waals surface area contributed by atoms with Gasteiger partial charge in [-0.25, -0.2) is 13.6 Å². The predicted molar refractivity (Wildman–Crippen MR) is 170 cm³/mol. The van der Waals surface area contributed by atoms with Crippen LogP contribution >= 0.6 is 0 Å². The van der Waals surface area contributed by atoms with E-state index in [1.807, 2.05) is 13.8 Å². The molecular formula is C34H41F2N5O5. The molecule has 1 aromatic heterocycles. The summed E-state index contributed by atoms with van der Waals surface area (Å²) < 4.78 is 42.6. The van der Waals surface area contributed by atoms with Gasteiger partial charge in [-0.3, -0.25) is 19.1 Å². The summed E-state index contributed by atoms with van der Waals surface area (Å²) in [4.78, 5) is 40.3. The number of alkyl carbamates (subject to hydrolysis) is 1. The zero-order valence-corrected chi connectivity index (χ0v) is 26.3. The summed E-state index contributed by atoms with van der Waals surface area (Å²) >= 11 is 0. The number of aromatic nitrogens is 1. The number of amides is 2. The first-order chi connectivity index (χ1) is 22.0. The molecule has 2 fully saturated rings. The molecule has 3 heterocycles. The van der Waals surface area contributed by atoms with Crippen LogP contribution < -0.4 is 16.4 Å². The molecule has 0 unspecified atom stereocenters. The SMILES string of the molecule is CC1(C)CC(=O)n2c(c(-c3cc(F)c(C(N)=O)c(NC4CCC(OC(=O)NCCN5CCOCC5)CC4)c3)c3ccc(F)cc32)C1. The molecule has 1 saturated carbocycles. The smallest absolute Gasteiger partial charge is 0.407 e. The summed E-state index contributed by atoms with van der Waals surface area (Å²) in [6.07, 6.45) is 2.58. The van der Waals surface area contributed by atoms with E-state index in [-0.39, 0.29) is 34.7 Å². The molecule has 6 rings (SSSR count). The Morgan fingerprint density at radius 2 is 1.80 bits per heavy atom. The molecule has 12 heteroatoms. The minimum Gasteiger partial charge on any atom is -0.446 e. The Labute approximate surface area is 266 Å². The maximum atomic E-state index is 15.7. The van der Waals surface area contributed by atoms with E-state index in [0.717, 1.165) is 19.6 Å². The zero-order valence-electron chi connectivity index (χ0n) is 26.3. The lowest BCUT2D eigenvalue weighted by Crippen LogP contribution is -2.42. The Hall–Kier alpha value is -4.03. The number of primary amides is 1. The first kappa shape index (κ1) is 31.9. The lowest BCUT2D eigenvalue weighted by atomic mass is 9.80. The molecule has 4 N–H and O–H groups in total. The van der Waals surface area contributed by atoms with Crippen LogP contribution in [0.2, 0.25) is 0 Å². The van der Waals surface area contributed by atoms with Crippen molar-refractivity contribution in [3.63, 3.8) is 0 Å². The minimum atomic E-state index is -0.903. The van der Waals surface area contributed by atoms with Gasteiger partial charge in [0.05, 0.1) is 30.0 Å². The second-order valence-electron chi connectivity index (χ2n) is 13.4. The number of nitrogens with one attached hydrogen (secondary N) is 2. The number of rotatable bonds is 8. The summed E-state index contributed by atoms with van der Waals surface area (Å²) in [6.45, 7) is 8.32. The number of anilines is 1. The Bertz CT molecular complexity index is 1660. The van der Waals surface area contributed by atoms with Crippen LogP contribution in [-0.4, -0.2) is 78.9 Å². The predicted octanol–water partition coefficient (Wildman–Crippen LogP) is 5.08. The van der Waals surface area contributed by atoms with Crippen LogP contribution in [0.1, 0.15) is 66.8 Å². The number of hydrogen-bond donors (Lipinski definition) is 3. The third kappa shape index (κ3) is 6.73. The first-order valence-corrected chi connectivity index (χ1v) is 16.0. The summed E-state index contributed by atoms with van der Waals surface area (Å²) in [5, 5.41) is 6.78. The molecule has 2 aliphatic heterocycles. The number of nitrogens with zero attached hydrogens (tertiary/aromatic N) is 2. The van der Waals surface area contributed by atoms with E-state index in [9.17, 15) is 18.8 Å². The van der Waals surface area contributed by atoms with Gasteiger partial charge in [-0.1, -0.05) is 13.8 Å². The zero-order chi connectivity index (χ0) is 32.6. The molecule has 246 valence electrons. The van der Waals surface area contributed by atoms with Gasteiger partial charge in [-0.05, 0) is 73.4 Å². The number of fused-ring (bicyclic) bond motifs is 3. The van der Waals surface area contributed by atoms with Crippen molar-refractivity contribution in [1.29, 1.82) is 0 Å². The van der Waals surface area contributed by atoms with Crippen LogP contribution in [0.5, 0.6) is 0 Å². The monoisotopic (exact) mass is 637 g/mol. The molecule has 0 bridgehead atoms. The third-order valence-electron chi connectivity index (χ3n) is 9.29. The lowest BCUT2D eigenvalue weighted by molar-refractivity contribution is 0.0372. The normalized spacial score (nSPS) is 21.5. The Balaban J connectivity index is 1.19. The molecule has 1 saturated heterocycles. The fraction of sp³-hybridized carbons (Fsp3) is 0.500. The van der Waals surface area contributed by atoms with Gasteiger partial charge >= 0.3 is 6.09 Å². The fourth-order valence-electron chi connectivity index (χ4n) is 7.09. The molecule has 46 heavy (non-hydrogen) atoms. The molecule has 2 aromatic carbocycles. The number of benzene rings is 2. The molecule has 10 nitrogen and oxygen atoms in total. The van der Waals surface area contributed by atoms with Gasteiger partial charge in [0.25, 0.3) is 5.91 Å². The Morgan fingerprint density at radius 3 is 2.52 bits per heavy atom. The first-order valence-electron chi connectivity index (χ1n) is 16.0. The van der Waals surface area contributed by atoms with E-state index in [1.54, 1.807) is 16.7 Å². The highest BCUT2D eigenvalue weighted by Crippen LogP contribution is 2.44. The van der Waals surface area contributed by atoms with Gasteiger partial charge in [-0.15, -0.1) is 0 Å². The van der Waals surface area contributed by atoms with Crippen molar-refractivity contribution in [2.45, 2.75) is 64.5 Å². The molecule has 3 aliphatic rings. The number of nitrogens with two attached hydrogens (primary N) is 1. The second kappa shape index (κ2) is 13.0. The standard InChI is InChI=1S/C34H41F2N5O5/c1-34(2)18-28-30(24-8-3-21(35)17-27(24)41(28)29(42)19-34)20-15-25(36)31(32(37)43)26(16-20)39-22-4-6-23(7-5-22)46-33(44)38-9-10-40-11-13-45-14-12-40/h3,8,15-17,22-23,39H,4-7,9-14,18-19H2,1-2H3,(H2,37,43)(H,38,44). The van der Waals surface area contributed by atoms with Crippen molar-refractivity contribution in [3.8, 4) is 11.1 Å². The van der Waals surface area contributed by atoms with Crippen LogP contribution in [0.15, 0.2) is 30.3 Å².